The highest BCUT2D eigenvalue weighted by Crippen LogP contribution is 2.32. The summed E-state index contributed by atoms with van der Waals surface area (Å²) in [7, 11) is 0. The van der Waals surface area contributed by atoms with Crippen LogP contribution in [0.1, 0.15) is 33.1 Å². The molecule has 0 amide bonds. The van der Waals surface area contributed by atoms with Crippen LogP contribution in [0.2, 0.25) is 0 Å². The average molecular weight is 260 g/mol. The summed E-state index contributed by atoms with van der Waals surface area (Å²) in [5.74, 6) is 1.67. The molecule has 1 saturated carbocycles. The molecule has 0 bridgehead atoms. The maximum atomic E-state index is 4.66. The van der Waals surface area contributed by atoms with Crippen LogP contribution in [0.15, 0.2) is 24.3 Å². The summed E-state index contributed by atoms with van der Waals surface area (Å²) in [6.07, 6.45) is 3.93. The molecule has 2 unspecified atom stereocenters. The van der Waals surface area contributed by atoms with Gasteiger partial charge in [-0.15, -0.1) is 0 Å². The number of para-hydroxylation sites is 1. The Labute approximate surface area is 112 Å². The number of anilines is 1. The van der Waals surface area contributed by atoms with Gasteiger partial charge in [0.1, 0.15) is 0 Å². The van der Waals surface area contributed by atoms with Crippen molar-refractivity contribution in [2.45, 2.75) is 39.2 Å². The Morgan fingerprint density at radius 3 is 2.56 bits per heavy atom. The average Bonchev–Trinajstić information content (AvgIpc) is 2.69. The minimum Gasteiger partial charge on any atom is -0.359 e. The minimum absolute atomic E-state index is 0.601. The highest BCUT2D eigenvalue weighted by atomic mass is 32.1. The van der Waals surface area contributed by atoms with Crippen LogP contribution in [0.25, 0.3) is 10.2 Å². The van der Waals surface area contributed by atoms with Gasteiger partial charge in [-0.25, -0.2) is 4.98 Å². The van der Waals surface area contributed by atoms with Gasteiger partial charge >= 0.3 is 0 Å². The third-order valence-electron chi connectivity index (χ3n) is 3.80. The fourth-order valence-corrected chi connectivity index (χ4v) is 4.12. The monoisotopic (exact) mass is 260 g/mol. The van der Waals surface area contributed by atoms with Crippen molar-refractivity contribution >= 4 is 26.7 Å². The first-order valence-corrected chi connectivity index (χ1v) is 7.64. The van der Waals surface area contributed by atoms with Crippen LogP contribution in [-0.2, 0) is 0 Å². The van der Waals surface area contributed by atoms with Gasteiger partial charge in [0.15, 0.2) is 5.13 Å². The number of nitrogens with zero attached hydrogens (tertiary/aromatic N) is 1. The molecule has 1 aromatic heterocycles. The van der Waals surface area contributed by atoms with Gasteiger partial charge in [0, 0.05) is 6.04 Å². The standard InChI is InChI=1S/C15H20N2S/c1-10-7-11(2)9-12(8-10)16-15-17-13-5-3-4-6-14(13)18-15/h3-6,10-12H,7-9H2,1-2H3,(H,16,17). The number of thiazole rings is 1. The van der Waals surface area contributed by atoms with Crippen LogP contribution in [0.5, 0.6) is 0 Å². The van der Waals surface area contributed by atoms with Gasteiger partial charge in [-0.05, 0) is 43.2 Å². The van der Waals surface area contributed by atoms with Crippen LogP contribution in [0.3, 0.4) is 0 Å². The van der Waals surface area contributed by atoms with E-state index in [9.17, 15) is 0 Å². The first kappa shape index (κ1) is 12.0. The van der Waals surface area contributed by atoms with Crippen LogP contribution >= 0.6 is 11.3 Å². The van der Waals surface area contributed by atoms with Crippen LogP contribution in [0, 0.1) is 11.8 Å². The zero-order valence-electron chi connectivity index (χ0n) is 11.0. The molecule has 0 radical (unpaired) electrons. The van der Waals surface area contributed by atoms with Crippen LogP contribution in [-0.4, -0.2) is 11.0 Å². The largest absolute Gasteiger partial charge is 0.359 e. The molecular weight excluding hydrogens is 240 g/mol. The number of benzene rings is 1. The lowest BCUT2D eigenvalue weighted by Gasteiger charge is -2.31. The molecule has 2 atom stereocenters. The van der Waals surface area contributed by atoms with E-state index >= 15 is 0 Å². The van der Waals surface area contributed by atoms with Gasteiger partial charge in [-0.3, -0.25) is 0 Å². The normalized spacial score (nSPS) is 28.4. The van der Waals surface area contributed by atoms with Crippen molar-refractivity contribution in [1.29, 1.82) is 0 Å². The van der Waals surface area contributed by atoms with E-state index in [0.717, 1.165) is 22.5 Å². The van der Waals surface area contributed by atoms with Crippen LogP contribution < -0.4 is 5.32 Å². The van der Waals surface area contributed by atoms with Gasteiger partial charge in [-0.2, -0.15) is 0 Å². The van der Waals surface area contributed by atoms with Gasteiger partial charge in [-0.1, -0.05) is 37.3 Å². The Morgan fingerprint density at radius 2 is 1.83 bits per heavy atom. The van der Waals surface area contributed by atoms with Crippen molar-refractivity contribution in [3.8, 4) is 0 Å². The van der Waals surface area contributed by atoms with E-state index < -0.39 is 0 Å². The van der Waals surface area contributed by atoms with E-state index in [1.54, 1.807) is 11.3 Å². The third kappa shape index (κ3) is 2.51. The SMILES string of the molecule is CC1CC(C)CC(Nc2nc3ccccc3s2)C1. The van der Waals surface area contributed by atoms with Crippen molar-refractivity contribution in [2.24, 2.45) is 11.8 Å². The smallest absolute Gasteiger partial charge is 0.184 e. The van der Waals surface area contributed by atoms with E-state index in [0.29, 0.717) is 6.04 Å². The zero-order chi connectivity index (χ0) is 12.5. The topological polar surface area (TPSA) is 24.9 Å². The summed E-state index contributed by atoms with van der Waals surface area (Å²) in [5, 5.41) is 4.72. The molecule has 1 aliphatic carbocycles. The molecule has 0 saturated heterocycles. The van der Waals surface area contributed by atoms with Crippen molar-refractivity contribution in [3.63, 3.8) is 0 Å². The molecule has 1 N–H and O–H groups in total. The lowest BCUT2D eigenvalue weighted by atomic mass is 9.80. The molecule has 1 fully saturated rings. The number of aromatic nitrogens is 1. The summed E-state index contributed by atoms with van der Waals surface area (Å²) in [4.78, 5) is 4.66. The summed E-state index contributed by atoms with van der Waals surface area (Å²) >= 11 is 1.77. The summed E-state index contributed by atoms with van der Waals surface area (Å²) in [6.45, 7) is 4.73. The predicted octanol–water partition coefficient (Wildman–Crippen LogP) is 4.53. The second-order valence-corrected chi connectivity index (χ2v) is 6.78. The first-order valence-electron chi connectivity index (χ1n) is 6.83. The molecule has 0 spiro atoms. The number of fused-ring (bicyclic) bond motifs is 1. The molecular formula is C15H20N2S. The van der Waals surface area contributed by atoms with Gasteiger partial charge in [0.25, 0.3) is 0 Å². The van der Waals surface area contributed by atoms with E-state index in [1.165, 1.54) is 24.0 Å². The molecule has 1 aliphatic rings. The maximum Gasteiger partial charge on any atom is 0.184 e. The molecule has 2 nitrogen and oxygen atoms in total. The van der Waals surface area contributed by atoms with E-state index in [4.69, 9.17) is 0 Å². The summed E-state index contributed by atoms with van der Waals surface area (Å²) in [6, 6.07) is 8.96. The summed E-state index contributed by atoms with van der Waals surface area (Å²) in [5.41, 5.74) is 1.11. The number of nitrogens with one attached hydrogen (secondary N) is 1. The highest BCUT2D eigenvalue weighted by Gasteiger charge is 2.24. The Hall–Kier alpha value is -1.09. The maximum absolute atomic E-state index is 4.66. The Morgan fingerprint density at radius 1 is 1.11 bits per heavy atom. The van der Waals surface area contributed by atoms with E-state index in [-0.39, 0.29) is 0 Å². The minimum atomic E-state index is 0.601. The Bertz CT molecular complexity index is 491. The molecule has 1 heterocycles. The van der Waals surface area contributed by atoms with Gasteiger partial charge in [0.05, 0.1) is 10.2 Å². The molecule has 18 heavy (non-hydrogen) atoms. The second-order valence-electron chi connectivity index (χ2n) is 5.75. The van der Waals surface area contributed by atoms with Crippen molar-refractivity contribution in [2.75, 3.05) is 5.32 Å². The summed E-state index contributed by atoms with van der Waals surface area (Å²) < 4.78 is 1.27. The quantitative estimate of drug-likeness (QED) is 0.858. The van der Waals surface area contributed by atoms with Crippen molar-refractivity contribution in [1.82, 2.24) is 4.98 Å². The molecule has 2 aromatic rings. The highest BCUT2D eigenvalue weighted by molar-refractivity contribution is 7.22. The van der Waals surface area contributed by atoms with E-state index in [1.807, 2.05) is 0 Å². The Kier molecular flexibility index (Phi) is 3.25. The molecule has 96 valence electrons. The predicted molar refractivity (Wildman–Crippen MR) is 79.2 cm³/mol. The van der Waals surface area contributed by atoms with E-state index in [2.05, 4.69) is 48.4 Å². The second kappa shape index (κ2) is 4.88. The number of rotatable bonds is 2. The fourth-order valence-electron chi connectivity index (χ4n) is 3.17. The van der Waals surface area contributed by atoms with Crippen molar-refractivity contribution in [3.05, 3.63) is 24.3 Å². The number of hydrogen-bond donors (Lipinski definition) is 1. The zero-order valence-corrected chi connectivity index (χ0v) is 11.8. The molecule has 3 heteroatoms. The van der Waals surface area contributed by atoms with Gasteiger partial charge in [0.2, 0.25) is 0 Å². The Balaban J connectivity index is 1.75. The van der Waals surface area contributed by atoms with Crippen molar-refractivity contribution < 1.29 is 0 Å². The fraction of sp³-hybridized carbons (Fsp3) is 0.533. The molecule has 1 aromatic carbocycles. The lowest BCUT2D eigenvalue weighted by molar-refractivity contribution is 0.281. The molecule has 0 aliphatic heterocycles. The molecule has 3 rings (SSSR count). The van der Waals surface area contributed by atoms with Crippen LogP contribution in [0.4, 0.5) is 5.13 Å². The van der Waals surface area contributed by atoms with Gasteiger partial charge < -0.3 is 5.32 Å². The first-order chi connectivity index (χ1) is 8.70. The third-order valence-corrected chi connectivity index (χ3v) is 4.77. The number of hydrogen-bond acceptors (Lipinski definition) is 3. The lowest BCUT2D eigenvalue weighted by Crippen LogP contribution is -2.30.